The Morgan fingerprint density at radius 1 is 1.24 bits per heavy atom. The van der Waals surface area contributed by atoms with Crippen LogP contribution in [0.3, 0.4) is 0 Å². The summed E-state index contributed by atoms with van der Waals surface area (Å²) in [5.41, 5.74) is 3.63. The SMILES string of the molecule is Cc1nn(C)c(C)c1C(C)C(=O)NC(CCC(=O)O)c1ccccc1. The highest BCUT2D eigenvalue weighted by molar-refractivity contribution is 5.84. The molecule has 1 aromatic carbocycles. The van der Waals surface area contributed by atoms with E-state index >= 15 is 0 Å². The molecule has 2 atom stereocenters. The second-order valence-corrected chi connectivity index (χ2v) is 6.33. The number of carboxylic acids is 1. The summed E-state index contributed by atoms with van der Waals surface area (Å²) in [6.07, 6.45) is 0.349. The molecule has 1 amide bonds. The summed E-state index contributed by atoms with van der Waals surface area (Å²) >= 11 is 0. The average molecular weight is 343 g/mol. The van der Waals surface area contributed by atoms with Crippen LogP contribution in [0, 0.1) is 13.8 Å². The standard InChI is InChI=1S/C19H25N3O3/c1-12(18-13(2)21-22(4)14(18)3)19(25)20-16(10-11-17(23)24)15-8-6-5-7-9-15/h5-9,12,16H,10-11H2,1-4H3,(H,20,25)(H,23,24). The predicted molar refractivity (Wildman–Crippen MR) is 95.3 cm³/mol. The second-order valence-electron chi connectivity index (χ2n) is 6.33. The summed E-state index contributed by atoms with van der Waals surface area (Å²) in [6, 6.07) is 9.13. The number of nitrogens with zero attached hydrogens (tertiary/aromatic N) is 2. The molecule has 6 nitrogen and oxygen atoms in total. The number of amides is 1. The van der Waals surface area contributed by atoms with E-state index in [0.717, 1.165) is 22.5 Å². The maximum Gasteiger partial charge on any atom is 0.303 e. The van der Waals surface area contributed by atoms with E-state index in [1.807, 2.05) is 58.2 Å². The summed E-state index contributed by atoms with van der Waals surface area (Å²) in [5.74, 6) is -1.36. The van der Waals surface area contributed by atoms with Gasteiger partial charge >= 0.3 is 5.97 Å². The van der Waals surface area contributed by atoms with E-state index < -0.39 is 5.97 Å². The number of nitrogens with one attached hydrogen (secondary N) is 1. The summed E-state index contributed by atoms with van der Waals surface area (Å²) < 4.78 is 1.77. The Bertz CT molecular complexity index is 753. The highest BCUT2D eigenvalue weighted by Gasteiger charge is 2.25. The minimum atomic E-state index is -0.873. The number of aryl methyl sites for hydroxylation is 2. The van der Waals surface area contributed by atoms with Crippen molar-refractivity contribution >= 4 is 11.9 Å². The number of carbonyl (C=O) groups is 2. The zero-order valence-corrected chi connectivity index (χ0v) is 15.1. The molecule has 6 heteroatoms. The number of carboxylic acid groups (broad SMARTS) is 1. The van der Waals surface area contributed by atoms with Crippen LogP contribution >= 0.6 is 0 Å². The van der Waals surface area contributed by atoms with E-state index in [1.165, 1.54) is 0 Å². The molecule has 0 aliphatic rings. The van der Waals surface area contributed by atoms with E-state index in [1.54, 1.807) is 4.68 Å². The third-order valence-corrected chi connectivity index (χ3v) is 4.56. The monoisotopic (exact) mass is 343 g/mol. The maximum atomic E-state index is 12.8. The lowest BCUT2D eigenvalue weighted by molar-refractivity contribution is -0.137. The van der Waals surface area contributed by atoms with Crippen LogP contribution in [0.1, 0.15) is 54.2 Å². The summed E-state index contributed by atoms with van der Waals surface area (Å²) in [5, 5.41) is 16.4. The van der Waals surface area contributed by atoms with Crippen molar-refractivity contribution in [2.75, 3.05) is 0 Å². The number of carbonyl (C=O) groups excluding carboxylic acids is 1. The Hall–Kier alpha value is -2.63. The quantitative estimate of drug-likeness (QED) is 0.809. The maximum absolute atomic E-state index is 12.8. The Kier molecular flexibility index (Phi) is 5.96. The minimum Gasteiger partial charge on any atom is -0.481 e. The van der Waals surface area contributed by atoms with Crippen LogP contribution in [0.2, 0.25) is 0 Å². The fourth-order valence-corrected chi connectivity index (χ4v) is 3.12. The number of hydrogen-bond donors (Lipinski definition) is 2. The third-order valence-electron chi connectivity index (χ3n) is 4.56. The molecule has 0 saturated heterocycles. The van der Waals surface area contributed by atoms with Gasteiger partial charge in [-0.25, -0.2) is 0 Å². The molecule has 1 heterocycles. The van der Waals surface area contributed by atoms with E-state index in [0.29, 0.717) is 6.42 Å². The van der Waals surface area contributed by atoms with E-state index in [-0.39, 0.29) is 24.3 Å². The van der Waals surface area contributed by atoms with Gasteiger partial charge in [0.25, 0.3) is 0 Å². The van der Waals surface area contributed by atoms with Gasteiger partial charge in [0.15, 0.2) is 0 Å². The third kappa shape index (κ3) is 4.47. The fraction of sp³-hybridized carbons (Fsp3) is 0.421. The Morgan fingerprint density at radius 2 is 1.88 bits per heavy atom. The van der Waals surface area contributed by atoms with E-state index in [9.17, 15) is 9.59 Å². The van der Waals surface area contributed by atoms with Gasteiger partial charge in [-0.2, -0.15) is 5.10 Å². The van der Waals surface area contributed by atoms with Crippen LogP contribution < -0.4 is 5.32 Å². The normalized spacial score (nSPS) is 13.3. The summed E-state index contributed by atoms with van der Waals surface area (Å²) in [6.45, 7) is 5.69. The lowest BCUT2D eigenvalue weighted by atomic mass is 9.96. The molecular weight excluding hydrogens is 318 g/mol. The molecule has 1 aromatic heterocycles. The fourth-order valence-electron chi connectivity index (χ4n) is 3.12. The summed E-state index contributed by atoms with van der Waals surface area (Å²) in [4.78, 5) is 23.7. The number of rotatable bonds is 7. The van der Waals surface area contributed by atoms with Crippen molar-refractivity contribution in [1.29, 1.82) is 0 Å². The molecule has 134 valence electrons. The van der Waals surface area contributed by atoms with Gasteiger partial charge in [0.1, 0.15) is 0 Å². The molecule has 2 unspecified atom stereocenters. The van der Waals surface area contributed by atoms with E-state index in [2.05, 4.69) is 10.4 Å². The van der Waals surface area contributed by atoms with Gasteiger partial charge in [0.2, 0.25) is 5.91 Å². The Balaban J connectivity index is 2.19. The van der Waals surface area contributed by atoms with Crippen LogP contribution in [0.4, 0.5) is 0 Å². The molecule has 2 aromatic rings. The lowest BCUT2D eigenvalue weighted by Crippen LogP contribution is -2.32. The molecule has 0 aliphatic carbocycles. The smallest absolute Gasteiger partial charge is 0.303 e. The van der Waals surface area contributed by atoms with Gasteiger partial charge in [0.05, 0.1) is 17.7 Å². The average Bonchev–Trinajstić information content (AvgIpc) is 2.83. The van der Waals surface area contributed by atoms with Crippen LogP contribution in [0.25, 0.3) is 0 Å². The van der Waals surface area contributed by atoms with Gasteiger partial charge in [-0.15, -0.1) is 0 Å². The highest BCUT2D eigenvalue weighted by atomic mass is 16.4. The molecule has 0 fully saturated rings. The first-order chi connectivity index (χ1) is 11.8. The molecule has 2 N–H and O–H groups in total. The second kappa shape index (κ2) is 7.96. The van der Waals surface area contributed by atoms with E-state index in [4.69, 9.17) is 5.11 Å². The summed E-state index contributed by atoms with van der Waals surface area (Å²) in [7, 11) is 1.86. The highest BCUT2D eigenvalue weighted by Crippen LogP contribution is 2.25. The first kappa shape index (κ1) is 18.7. The molecule has 25 heavy (non-hydrogen) atoms. The molecule has 0 spiro atoms. The van der Waals surface area contributed by atoms with Crippen molar-refractivity contribution in [3.63, 3.8) is 0 Å². The van der Waals surface area contributed by atoms with Gasteiger partial charge < -0.3 is 10.4 Å². The van der Waals surface area contributed by atoms with Crippen molar-refractivity contribution in [2.24, 2.45) is 7.05 Å². The number of aromatic nitrogens is 2. The largest absolute Gasteiger partial charge is 0.481 e. The topological polar surface area (TPSA) is 84.2 Å². The van der Waals surface area contributed by atoms with Gasteiger partial charge in [-0.05, 0) is 32.8 Å². The van der Waals surface area contributed by atoms with Gasteiger partial charge in [-0.3, -0.25) is 14.3 Å². The molecule has 0 saturated carbocycles. The molecule has 0 radical (unpaired) electrons. The Morgan fingerprint density at radius 3 is 2.40 bits per heavy atom. The lowest BCUT2D eigenvalue weighted by Gasteiger charge is -2.21. The zero-order chi connectivity index (χ0) is 18.6. The van der Waals surface area contributed by atoms with Crippen LogP contribution in [-0.4, -0.2) is 26.8 Å². The molecule has 0 bridgehead atoms. The number of benzene rings is 1. The molecular formula is C19H25N3O3. The predicted octanol–water partition coefficient (Wildman–Crippen LogP) is 2.86. The molecule has 2 rings (SSSR count). The Labute approximate surface area is 147 Å². The van der Waals surface area contributed by atoms with Crippen molar-refractivity contribution in [3.05, 3.63) is 52.8 Å². The van der Waals surface area contributed by atoms with Crippen molar-refractivity contribution in [2.45, 2.75) is 45.6 Å². The van der Waals surface area contributed by atoms with Crippen LogP contribution in [0.15, 0.2) is 30.3 Å². The zero-order valence-electron chi connectivity index (χ0n) is 15.1. The molecule has 0 aliphatic heterocycles. The first-order valence-corrected chi connectivity index (χ1v) is 8.38. The van der Waals surface area contributed by atoms with Crippen molar-refractivity contribution in [3.8, 4) is 0 Å². The number of aliphatic carboxylic acids is 1. The van der Waals surface area contributed by atoms with Gasteiger partial charge in [0, 0.05) is 24.7 Å². The van der Waals surface area contributed by atoms with Crippen LogP contribution in [0.5, 0.6) is 0 Å². The van der Waals surface area contributed by atoms with Crippen LogP contribution in [-0.2, 0) is 16.6 Å². The van der Waals surface area contributed by atoms with Crippen molar-refractivity contribution < 1.29 is 14.7 Å². The number of hydrogen-bond acceptors (Lipinski definition) is 3. The van der Waals surface area contributed by atoms with Crippen molar-refractivity contribution in [1.82, 2.24) is 15.1 Å². The van der Waals surface area contributed by atoms with Gasteiger partial charge in [-0.1, -0.05) is 30.3 Å². The minimum absolute atomic E-state index is 0.000823. The first-order valence-electron chi connectivity index (χ1n) is 8.38.